The van der Waals surface area contributed by atoms with Crippen LogP contribution in [-0.2, 0) is 11.2 Å². The highest BCUT2D eigenvalue weighted by Crippen LogP contribution is 2.31. The molecule has 7 nitrogen and oxygen atoms in total. The van der Waals surface area contributed by atoms with Gasteiger partial charge in [0.05, 0.1) is 24.8 Å². The summed E-state index contributed by atoms with van der Waals surface area (Å²) < 4.78 is 7.30. The molecule has 158 valence electrons. The summed E-state index contributed by atoms with van der Waals surface area (Å²) in [6, 6.07) is 17.8. The average molecular weight is 434 g/mol. The van der Waals surface area contributed by atoms with Crippen LogP contribution in [0.15, 0.2) is 65.8 Å². The number of aromatic nitrogens is 4. The summed E-state index contributed by atoms with van der Waals surface area (Å²) in [5.41, 5.74) is 3.61. The van der Waals surface area contributed by atoms with Crippen LogP contribution in [-0.4, -0.2) is 45.3 Å². The molecule has 2 heterocycles. The third-order valence-electron chi connectivity index (χ3n) is 4.88. The van der Waals surface area contributed by atoms with Crippen LogP contribution >= 0.6 is 11.8 Å². The first-order valence-corrected chi connectivity index (χ1v) is 10.9. The van der Waals surface area contributed by atoms with Crippen molar-refractivity contribution in [3.05, 3.63) is 72.1 Å². The van der Waals surface area contributed by atoms with Gasteiger partial charge in [-0.05, 0) is 31.0 Å². The maximum absolute atomic E-state index is 12.4. The highest BCUT2D eigenvalue weighted by molar-refractivity contribution is 8.00. The van der Waals surface area contributed by atoms with Crippen LogP contribution in [0.25, 0.3) is 16.6 Å². The van der Waals surface area contributed by atoms with Crippen LogP contribution in [0.2, 0.25) is 0 Å². The Kier molecular flexibility index (Phi) is 6.47. The number of thioether (sulfide) groups is 1. The van der Waals surface area contributed by atoms with E-state index < -0.39 is 0 Å². The topological polar surface area (TPSA) is 81.9 Å². The van der Waals surface area contributed by atoms with Gasteiger partial charge in [-0.25, -0.2) is 4.68 Å². The largest absolute Gasteiger partial charge is 0.494 e. The van der Waals surface area contributed by atoms with E-state index in [0.29, 0.717) is 17.3 Å². The van der Waals surface area contributed by atoms with Gasteiger partial charge in [0, 0.05) is 11.9 Å². The fraction of sp³-hybridized carbons (Fsp3) is 0.217. The number of nitrogens with zero attached hydrogens (tertiary/aromatic N) is 4. The molecule has 0 atom stereocenters. The van der Waals surface area contributed by atoms with Crippen LogP contribution in [0.3, 0.4) is 0 Å². The maximum atomic E-state index is 12.4. The number of fused-ring (bicyclic) bond motifs is 1. The standard InChI is InChI=1S/C23H23N5O2S/c1-16-18-14-25-28(19-10-6-7-11-20(19)30-2)22(18)23(27-26-16)31-15-21(29)24-13-12-17-8-4-3-5-9-17/h3-11,14H,12-13,15H2,1-2H3,(H,24,29). The molecule has 0 saturated carbocycles. The summed E-state index contributed by atoms with van der Waals surface area (Å²) >= 11 is 1.35. The minimum Gasteiger partial charge on any atom is -0.494 e. The highest BCUT2D eigenvalue weighted by atomic mass is 32.2. The van der Waals surface area contributed by atoms with Gasteiger partial charge in [0.2, 0.25) is 5.91 Å². The van der Waals surface area contributed by atoms with E-state index >= 15 is 0 Å². The number of benzene rings is 2. The molecule has 1 amide bonds. The van der Waals surface area contributed by atoms with Crippen molar-refractivity contribution in [2.45, 2.75) is 18.4 Å². The third-order valence-corrected chi connectivity index (χ3v) is 5.84. The molecule has 0 unspecified atom stereocenters. The Morgan fingerprint density at radius 1 is 1.10 bits per heavy atom. The molecule has 2 aromatic carbocycles. The molecule has 0 aliphatic heterocycles. The average Bonchev–Trinajstić information content (AvgIpc) is 3.25. The van der Waals surface area contributed by atoms with Gasteiger partial charge in [-0.3, -0.25) is 4.79 Å². The summed E-state index contributed by atoms with van der Waals surface area (Å²) in [5.74, 6) is 0.912. The zero-order valence-electron chi connectivity index (χ0n) is 17.4. The Morgan fingerprint density at radius 3 is 2.68 bits per heavy atom. The zero-order valence-corrected chi connectivity index (χ0v) is 18.2. The number of para-hydroxylation sites is 2. The lowest BCUT2D eigenvalue weighted by molar-refractivity contribution is -0.118. The van der Waals surface area contributed by atoms with E-state index in [4.69, 9.17) is 4.74 Å². The van der Waals surface area contributed by atoms with Crippen molar-refractivity contribution in [1.82, 2.24) is 25.3 Å². The van der Waals surface area contributed by atoms with E-state index in [0.717, 1.165) is 28.7 Å². The second-order valence-electron chi connectivity index (χ2n) is 6.96. The summed E-state index contributed by atoms with van der Waals surface area (Å²) in [6.07, 6.45) is 2.57. The number of nitrogens with one attached hydrogen (secondary N) is 1. The van der Waals surface area contributed by atoms with Crippen molar-refractivity contribution < 1.29 is 9.53 Å². The molecule has 1 N–H and O–H groups in total. The number of rotatable bonds is 8. The van der Waals surface area contributed by atoms with E-state index in [9.17, 15) is 4.79 Å². The minimum absolute atomic E-state index is 0.0418. The van der Waals surface area contributed by atoms with Crippen LogP contribution in [0.1, 0.15) is 11.3 Å². The van der Waals surface area contributed by atoms with Gasteiger partial charge in [0.1, 0.15) is 22.0 Å². The number of hydrogen-bond acceptors (Lipinski definition) is 6. The normalized spacial score (nSPS) is 10.9. The number of carbonyl (C=O) groups excluding carboxylic acids is 1. The Labute approximate surface area is 184 Å². The van der Waals surface area contributed by atoms with Crippen molar-refractivity contribution in [2.75, 3.05) is 19.4 Å². The first kappa shape index (κ1) is 20.9. The predicted octanol–water partition coefficient (Wildman–Crippen LogP) is 3.58. The first-order valence-electron chi connectivity index (χ1n) is 9.95. The molecular weight excluding hydrogens is 410 g/mol. The van der Waals surface area contributed by atoms with E-state index in [1.165, 1.54) is 17.3 Å². The highest BCUT2D eigenvalue weighted by Gasteiger charge is 2.17. The molecule has 0 saturated heterocycles. The Balaban J connectivity index is 1.51. The van der Waals surface area contributed by atoms with E-state index in [1.807, 2.05) is 49.4 Å². The molecule has 0 fully saturated rings. The van der Waals surface area contributed by atoms with Gasteiger partial charge < -0.3 is 10.1 Å². The fourth-order valence-electron chi connectivity index (χ4n) is 3.30. The molecule has 0 aliphatic rings. The van der Waals surface area contributed by atoms with Gasteiger partial charge in [-0.2, -0.15) is 10.2 Å². The zero-order chi connectivity index (χ0) is 21.6. The maximum Gasteiger partial charge on any atom is 0.230 e. The molecule has 8 heteroatoms. The molecular formula is C23H23N5O2S. The molecule has 31 heavy (non-hydrogen) atoms. The van der Waals surface area contributed by atoms with Crippen LogP contribution in [0.5, 0.6) is 5.75 Å². The molecule has 4 aromatic rings. The van der Waals surface area contributed by atoms with E-state index in [2.05, 4.69) is 32.7 Å². The smallest absolute Gasteiger partial charge is 0.230 e. The summed E-state index contributed by atoms with van der Waals surface area (Å²) in [4.78, 5) is 12.4. The Hall–Kier alpha value is -3.39. The van der Waals surface area contributed by atoms with Crippen molar-refractivity contribution in [1.29, 1.82) is 0 Å². The first-order chi connectivity index (χ1) is 15.2. The molecule has 0 spiro atoms. The molecule has 0 aliphatic carbocycles. The van der Waals surface area contributed by atoms with Crippen molar-refractivity contribution in [2.24, 2.45) is 0 Å². The lowest BCUT2D eigenvalue weighted by Gasteiger charge is -2.11. The molecule has 2 aromatic heterocycles. The fourth-order valence-corrected chi connectivity index (χ4v) is 4.10. The van der Waals surface area contributed by atoms with Gasteiger partial charge in [0.25, 0.3) is 0 Å². The van der Waals surface area contributed by atoms with Gasteiger partial charge in [0.15, 0.2) is 0 Å². The molecule has 0 bridgehead atoms. The monoisotopic (exact) mass is 433 g/mol. The second kappa shape index (κ2) is 9.61. The number of hydrogen-bond donors (Lipinski definition) is 1. The number of methoxy groups -OCH3 is 1. The number of ether oxygens (including phenoxy) is 1. The lowest BCUT2D eigenvalue weighted by atomic mass is 10.1. The Bertz CT molecular complexity index is 1190. The van der Waals surface area contributed by atoms with Crippen LogP contribution in [0, 0.1) is 6.92 Å². The van der Waals surface area contributed by atoms with Crippen molar-refractivity contribution in [3.63, 3.8) is 0 Å². The van der Waals surface area contributed by atoms with E-state index in [-0.39, 0.29) is 11.7 Å². The lowest BCUT2D eigenvalue weighted by Crippen LogP contribution is -2.27. The number of aryl methyl sites for hydroxylation is 1. The van der Waals surface area contributed by atoms with Gasteiger partial charge in [-0.15, -0.1) is 5.10 Å². The third kappa shape index (κ3) is 4.69. The predicted molar refractivity (Wildman–Crippen MR) is 122 cm³/mol. The van der Waals surface area contributed by atoms with Crippen molar-refractivity contribution >= 4 is 28.6 Å². The van der Waals surface area contributed by atoms with Crippen LogP contribution in [0.4, 0.5) is 0 Å². The summed E-state index contributed by atoms with van der Waals surface area (Å²) in [7, 11) is 1.63. The second-order valence-corrected chi connectivity index (χ2v) is 7.92. The SMILES string of the molecule is COc1ccccc1-n1ncc2c(C)nnc(SCC(=O)NCCc3ccccc3)c21. The van der Waals surface area contributed by atoms with Crippen molar-refractivity contribution in [3.8, 4) is 11.4 Å². The van der Waals surface area contributed by atoms with Gasteiger partial charge >= 0.3 is 0 Å². The molecule has 0 radical (unpaired) electrons. The minimum atomic E-state index is -0.0418. The quantitative estimate of drug-likeness (QED) is 0.428. The Morgan fingerprint density at radius 2 is 1.87 bits per heavy atom. The molecule has 4 rings (SSSR count). The van der Waals surface area contributed by atoms with Gasteiger partial charge in [-0.1, -0.05) is 54.2 Å². The number of carbonyl (C=O) groups is 1. The van der Waals surface area contributed by atoms with E-state index in [1.54, 1.807) is 18.0 Å². The number of amides is 1. The summed E-state index contributed by atoms with van der Waals surface area (Å²) in [5, 5.41) is 17.7. The van der Waals surface area contributed by atoms with Crippen LogP contribution < -0.4 is 10.1 Å². The summed E-state index contributed by atoms with van der Waals surface area (Å²) in [6.45, 7) is 2.49.